The van der Waals surface area contributed by atoms with Crippen molar-refractivity contribution in [2.75, 3.05) is 12.4 Å². The van der Waals surface area contributed by atoms with Crippen molar-refractivity contribution >= 4 is 32.6 Å². The fourth-order valence-corrected chi connectivity index (χ4v) is 3.31. The Morgan fingerprint density at radius 2 is 2.45 bits per heavy atom. The van der Waals surface area contributed by atoms with Gasteiger partial charge < -0.3 is 10.1 Å². The van der Waals surface area contributed by atoms with Crippen LogP contribution < -0.4 is 10.1 Å². The largest absolute Gasteiger partial charge is 0.494 e. The van der Waals surface area contributed by atoms with Crippen LogP contribution >= 0.6 is 11.3 Å². The maximum atomic E-state index is 12.0. The van der Waals surface area contributed by atoms with E-state index < -0.39 is 0 Å². The predicted octanol–water partition coefficient (Wildman–Crippen LogP) is 3.60. The van der Waals surface area contributed by atoms with Gasteiger partial charge in [-0.3, -0.25) is 4.79 Å². The van der Waals surface area contributed by atoms with Gasteiger partial charge in [-0.1, -0.05) is 29.6 Å². The third-order valence-electron chi connectivity index (χ3n) is 3.41. The zero-order chi connectivity index (χ0) is 13.9. The number of nitrogens with zero attached hydrogens (tertiary/aromatic N) is 1. The number of ether oxygens (including phenoxy) is 1. The van der Waals surface area contributed by atoms with Crippen molar-refractivity contribution in [3.8, 4) is 5.75 Å². The van der Waals surface area contributed by atoms with Crippen molar-refractivity contribution in [3.63, 3.8) is 0 Å². The van der Waals surface area contributed by atoms with Gasteiger partial charge in [0.2, 0.25) is 5.91 Å². The second kappa shape index (κ2) is 5.63. The molecule has 1 aliphatic carbocycles. The Morgan fingerprint density at radius 1 is 1.55 bits per heavy atom. The molecule has 0 saturated heterocycles. The summed E-state index contributed by atoms with van der Waals surface area (Å²) in [6.45, 7) is 0. The lowest BCUT2D eigenvalue weighted by atomic mass is 10.1. The molecule has 1 aromatic heterocycles. The van der Waals surface area contributed by atoms with Gasteiger partial charge >= 0.3 is 0 Å². The fourth-order valence-electron chi connectivity index (χ4n) is 2.42. The van der Waals surface area contributed by atoms with E-state index >= 15 is 0 Å². The summed E-state index contributed by atoms with van der Waals surface area (Å²) in [6.07, 6.45) is 6.95. The quantitative estimate of drug-likeness (QED) is 0.875. The van der Waals surface area contributed by atoms with E-state index in [2.05, 4.69) is 22.5 Å². The van der Waals surface area contributed by atoms with E-state index in [1.54, 1.807) is 7.11 Å². The fraction of sp³-hybridized carbons (Fsp3) is 0.333. The highest BCUT2D eigenvalue weighted by atomic mass is 32.1. The first-order valence-corrected chi connectivity index (χ1v) is 7.48. The standard InChI is InChI=1S/C15H16N2O2S/c1-19-11-7-4-8-12-14(11)17-15(20-12)16-13(18)9-10-5-2-3-6-10/h2,4-5,7-8,10H,3,6,9H2,1H3,(H,16,17,18). The van der Waals surface area contributed by atoms with Gasteiger partial charge in [0.25, 0.3) is 0 Å². The summed E-state index contributed by atoms with van der Waals surface area (Å²) in [5.41, 5.74) is 0.802. The topological polar surface area (TPSA) is 51.2 Å². The number of rotatable bonds is 4. The lowest BCUT2D eigenvalue weighted by molar-refractivity contribution is -0.116. The zero-order valence-electron chi connectivity index (χ0n) is 11.3. The highest BCUT2D eigenvalue weighted by molar-refractivity contribution is 7.22. The number of aromatic nitrogens is 1. The molecule has 4 nitrogen and oxygen atoms in total. The van der Waals surface area contributed by atoms with E-state index in [1.165, 1.54) is 11.3 Å². The van der Waals surface area contributed by atoms with E-state index in [-0.39, 0.29) is 5.91 Å². The Kier molecular flexibility index (Phi) is 3.69. The molecular weight excluding hydrogens is 272 g/mol. The van der Waals surface area contributed by atoms with Gasteiger partial charge in [-0.15, -0.1) is 0 Å². The van der Waals surface area contributed by atoms with Crippen molar-refractivity contribution in [1.82, 2.24) is 4.98 Å². The highest BCUT2D eigenvalue weighted by Gasteiger charge is 2.16. The zero-order valence-corrected chi connectivity index (χ0v) is 12.1. The first-order chi connectivity index (χ1) is 9.76. The molecule has 1 unspecified atom stereocenters. The number of carbonyl (C=O) groups is 1. The second-order valence-electron chi connectivity index (χ2n) is 4.84. The van der Waals surface area contributed by atoms with E-state index in [1.807, 2.05) is 18.2 Å². The van der Waals surface area contributed by atoms with Gasteiger partial charge in [0, 0.05) is 6.42 Å². The van der Waals surface area contributed by atoms with Crippen LogP contribution in [0.1, 0.15) is 19.3 Å². The molecule has 1 amide bonds. The molecule has 3 rings (SSSR count). The molecule has 5 heteroatoms. The SMILES string of the molecule is COc1cccc2sc(NC(=O)CC3C=CCC3)nc12. The maximum absolute atomic E-state index is 12.0. The lowest BCUT2D eigenvalue weighted by Crippen LogP contribution is -2.14. The van der Waals surface area contributed by atoms with Crippen LogP contribution in [0.2, 0.25) is 0 Å². The van der Waals surface area contributed by atoms with Crippen LogP contribution in [-0.4, -0.2) is 18.0 Å². The Balaban J connectivity index is 1.74. The molecule has 2 aromatic rings. The van der Waals surface area contributed by atoms with Gasteiger partial charge in [-0.05, 0) is 30.9 Å². The van der Waals surface area contributed by atoms with Crippen LogP contribution in [0.5, 0.6) is 5.75 Å². The first kappa shape index (κ1) is 13.1. The van der Waals surface area contributed by atoms with E-state index in [0.29, 0.717) is 17.5 Å². The minimum absolute atomic E-state index is 0.0274. The van der Waals surface area contributed by atoms with E-state index in [0.717, 1.165) is 28.8 Å². The molecule has 1 aliphatic rings. The molecule has 0 spiro atoms. The number of benzene rings is 1. The van der Waals surface area contributed by atoms with Crippen molar-refractivity contribution in [2.45, 2.75) is 19.3 Å². The monoisotopic (exact) mass is 288 g/mol. The second-order valence-corrected chi connectivity index (χ2v) is 5.87. The van der Waals surface area contributed by atoms with Gasteiger partial charge in [0.1, 0.15) is 11.3 Å². The summed E-state index contributed by atoms with van der Waals surface area (Å²) in [4.78, 5) is 16.4. The van der Waals surface area contributed by atoms with Crippen molar-refractivity contribution in [1.29, 1.82) is 0 Å². The molecule has 1 atom stereocenters. The van der Waals surface area contributed by atoms with Crippen LogP contribution in [0, 0.1) is 5.92 Å². The molecule has 0 aliphatic heterocycles. The third kappa shape index (κ3) is 2.67. The highest BCUT2D eigenvalue weighted by Crippen LogP contribution is 2.32. The summed E-state index contributed by atoms with van der Waals surface area (Å²) in [5.74, 6) is 1.14. The van der Waals surface area contributed by atoms with E-state index in [4.69, 9.17) is 4.74 Å². The lowest BCUT2D eigenvalue weighted by Gasteiger charge is -2.06. The third-order valence-corrected chi connectivity index (χ3v) is 4.34. The molecule has 1 heterocycles. The number of allylic oxidation sites excluding steroid dienone is 2. The summed E-state index contributed by atoms with van der Waals surface area (Å²) in [6, 6.07) is 5.77. The summed E-state index contributed by atoms with van der Waals surface area (Å²) >= 11 is 1.47. The summed E-state index contributed by atoms with van der Waals surface area (Å²) in [7, 11) is 1.62. The number of fused-ring (bicyclic) bond motifs is 1. The number of amides is 1. The van der Waals surface area contributed by atoms with Crippen molar-refractivity contribution < 1.29 is 9.53 Å². The molecule has 1 aromatic carbocycles. The predicted molar refractivity (Wildman–Crippen MR) is 81.3 cm³/mol. The average Bonchev–Trinajstić information content (AvgIpc) is 3.06. The molecule has 0 bridgehead atoms. The van der Waals surface area contributed by atoms with E-state index in [9.17, 15) is 4.79 Å². The maximum Gasteiger partial charge on any atom is 0.226 e. The number of carbonyl (C=O) groups excluding carboxylic acids is 1. The molecule has 20 heavy (non-hydrogen) atoms. The number of para-hydroxylation sites is 1. The smallest absolute Gasteiger partial charge is 0.226 e. The number of anilines is 1. The summed E-state index contributed by atoms with van der Waals surface area (Å²) in [5, 5.41) is 3.52. The molecule has 104 valence electrons. The number of nitrogens with one attached hydrogen (secondary N) is 1. The first-order valence-electron chi connectivity index (χ1n) is 6.66. The van der Waals surface area contributed by atoms with Gasteiger partial charge in [0.05, 0.1) is 11.8 Å². The molecular formula is C15H16N2O2S. The van der Waals surface area contributed by atoms with Gasteiger partial charge in [-0.25, -0.2) is 4.98 Å². The number of hydrogen-bond donors (Lipinski definition) is 1. The minimum atomic E-state index is 0.0274. The Morgan fingerprint density at radius 3 is 3.20 bits per heavy atom. The number of hydrogen-bond acceptors (Lipinski definition) is 4. The van der Waals surface area contributed by atoms with Crippen molar-refractivity contribution in [3.05, 3.63) is 30.4 Å². The Labute approximate surface area is 121 Å². The Bertz CT molecular complexity index is 663. The normalized spacial score (nSPS) is 17.6. The van der Waals surface area contributed by atoms with Crippen molar-refractivity contribution in [2.24, 2.45) is 5.92 Å². The van der Waals surface area contributed by atoms with Crippen LogP contribution in [0.3, 0.4) is 0 Å². The number of thiazole rings is 1. The van der Waals surface area contributed by atoms with Crippen LogP contribution in [0.15, 0.2) is 30.4 Å². The minimum Gasteiger partial charge on any atom is -0.494 e. The van der Waals surface area contributed by atoms with Crippen LogP contribution in [0.25, 0.3) is 10.2 Å². The van der Waals surface area contributed by atoms with Crippen LogP contribution in [-0.2, 0) is 4.79 Å². The summed E-state index contributed by atoms with van der Waals surface area (Å²) < 4.78 is 6.29. The van der Waals surface area contributed by atoms with Gasteiger partial charge in [0.15, 0.2) is 5.13 Å². The molecule has 0 saturated carbocycles. The average molecular weight is 288 g/mol. The molecule has 0 radical (unpaired) electrons. The molecule has 1 N–H and O–H groups in total. The number of methoxy groups -OCH3 is 1. The van der Waals surface area contributed by atoms with Gasteiger partial charge in [-0.2, -0.15) is 0 Å². The Hall–Kier alpha value is -1.88. The molecule has 0 fully saturated rings. The van der Waals surface area contributed by atoms with Crippen LogP contribution in [0.4, 0.5) is 5.13 Å².